The second-order valence-electron chi connectivity index (χ2n) is 3.95. The van der Waals surface area contributed by atoms with Crippen LogP contribution in [-0.4, -0.2) is 39.0 Å². The maximum atomic E-state index is 9.50. The Balaban J connectivity index is 1.82. The van der Waals surface area contributed by atoms with Crippen molar-refractivity contribution in [1.29, 1.82) is 0 Å². The summed E-state index contributed by atoms with van der Waals surface area (Å²) in [5.41, 5.74) is 0. The predicted molar refractivity (Wildman–Crippen MR) is 49.7 cm³/mol. The summed E-state index contributed by atoms with van der Waals surface area (Å²) in [5, 5.41) is 0. The molecule has 1 fully saturated rings. The van der Waals surface area contributed by atoms with Crippen molar-refractivity contribution < 1.29 is 14.3 Å². The lowest BCUT2D eigenvalue weighted by atomic mass is 10.5. The van der Waals surface area contributed by atoms with Crippen LogP contribution in [0, 0.1) is 0 Å². The second kappa shape index (κ2) is 4.37. The molecule has 0 amide bonds. The molecular weight excluding hydrogens is 172 g/mol. The van der Waals surface area contributed by atoms with Gasteiger partial charge < -0.3 is 14.3 Å². The Morgan fingerprint density at radius 1 is 1.58 bits per heavy atom. The van der Waals surface area contributed by atoms with E-state index in [1.165, 1.54) is 0 Å². The maximum absolute atomic E-state index is 9.50. The Hall–Kier alpha value is 0.0969. The summed E-state index contributed by atoms with van der Waals surface area (Å²) in [7, 11) is -1.83. The van der Waals surface area contributed by atoms with Crippen molar-refractivity contribution in [2.24, 2.45) is 0 Å². The highest BCUT2D eigenvalue weighted by Crippen LogP contribution is 2.10. The van der Waals surface area contributed by atoms with Gasteiger partial charge in [0, 0.05) is 6.61 Å². The average Bonchev–Trinajstić information content (AvgIpc) is 2.68. The van der Waals surface area contributed by atoms with E-state index in [2.05, 4.69) is 0 Å². The third-order valence-corrected chi connectivity index (χ3v) is 3.36. The highest BCUT2D eigenvalue weighted by atomic mass is 28.4. The topological polar surface area (TPSA) is 42.0 Å². The smallest absolute Gasteiger partial charge is 0.182 e. The number of hydrogen-bond donors (Lipinski definition) is 1. The number of epoxide rings is 1. The van der Waals surface area contributed by atoms with E-state index in [9.17, 15) is 4.80 Å². The number of ether oxygens (including phenoxy) is 2. The van der Waals surface area contributed by atoms with E-state index < -0.39 is 8.32 Å². The predicted octanol–water partition coefficient (Wildman–Crippen LogP) is 0.989. The monoisotopic (exact) mass is 190 g/mol. The summed E-state index contributed by atoms with van der Waals surface area (Å²) < 4.78 is 10.3. The van der Waals surface area contributed by atoms with Crippen LogP contribution in [0.4, 0.5) is 0 Å². The lowest BCUT2D eigenvalue weighted by molar-refractivity contribution is 0.116. The van der Waals surface area contributed by atoms with Gasteiger partial charge in [0.15, 0.2) is 8.32 Å². The van der Waals surface area contributed by atoms with E-state index in [4.69, 9.17) is 9.47 Å². The van der Waals surface area contributed by atoms with Gasteiger partial charge >= 0.3 is 0 Å². The van der Waals surface area contributed by atoms with Gasteiger partial charge in [-0.05, 0) is 25.6 Å². The van der Waals surface area contributed by atoms with Gasteiger partial charge in [0.05, 0.1) is 13.2 Å². The summed E-state index contributed by atoms with van der Waals surface area (Å²) in [6, 6.07) is 0.929. The van der Waals surface area contributed by atoms with E-state index >= 15 is 0 Å². The van der Waals surface area contributed by atoms with E-state index in [0.29, 0.717) is 6.10 Å². The first-order chi connectivity index (χ1) is 5.58. The molecule has 0 aromatic heterocycles. The lowest BCUT2D eigenvalue weighted by Gasteiger charge is -2.12. The molecule has 1 atom stereocenters. The molecular formula is C8H18O3Si. The molecule has 72 valence electrons. The molecule has 0 aromatic rings. The van der Waals surface area contributed by atoms with Gasteiger partial charge in [-0.1, -0.05) is 0 Å². The number of hydrogen-bond acceptors (Lipinski definition) is 3. The van der Waals surface area contributed by atoms with Crippen LogP contribution in [0.3, 0.4) is 0 Å². The fourth-order valence-corrected chi connectivity index (χ4v) is 2.00. The molecule has 1 heterocycles. The van der Waals surface area contributed by atoms with E-state index in [1.54, 1.807) is 0 Å². The molecule has 0 spiro atoms. The largest absolute Gasteiger partial charge is 0.432 e. The molecule has 1 aliphatic rings. The SMILES string of the molecule is C[Si](C)(O)CCCOCC1CO1. The number of rotatable bonds is 6. The molecule has 1 N–H and O–H groups in total. The van der Waals surface area contributed by atoms with Gasteiger partial charge in [0.1, 0.15) is 6.10 Å². The summed E-state index contributed by atoms with van der Waals surface area (Å²) in [4.78, 5) is 9.50. The molecule has 1 aliphatic heterocycles. The minimum Gasteiger partial charge on any atom is -0.432 e. The fraction of sp³-hybridized carbons (Fsp3) is 1.00. The van der Waals surface area contributed by atoms with Crippen LogP contribution in [0.1, 0.15) is 6.42 Å². The van der Waals surface area contributed by atoms with Crippen LogP contribution < -0.4 is 0 Å². The van der Waals surface area contributed by atoms with Gasteiger partial charge in [-0.3, -0.25) is 0 Å². The molecule has 0 bridgehead atoms. The minimum absolute atomic E-state index is 0.365. The van der Waals surface area contributed by atoms with Crippen LogP contribution in [0.5, 0.6) is 0 Å². The zero-order valence-electron chi connectivity index (χ0n) is 7.88. The Labute approximate surface area is 74.8 Å². The third kappa shape index (κ3) is 5.71. The Kier molecular flexibility index (Phi) is 3.70. The Morgan fingerprint density at radius 2 is 2.25 bits per heavy atom. The molecule has 0 aliphatic carbocycles. The van der Waals surface area contributed by atoms with Crippen molar-refractivity contribution in [3.8, 4) is 0 Å². The fourth-order valence-electron chi connectivity index (χ4n) is 0.986. The highest BCUT2D eigenvalue weighted by Gasteiger charge is 2.22. The van der Waals surface area contributed by atoms with Crippen LogP contribution >= 0.6 is 0 Å². The van der Waals surface area contributed by atoms with Crippen LogP contribution in [0.15, 0.2) is 0 Å². The Morgan fingerprint density at radius 3 is 2.75 bits per heavy atom. The van der Waals surface area contributed by atoms with Gasteiger partial charge in [-0.15, -0.1) is 0 Å². The minimum atomic E-state index is -1.83. The molecule has 12 heavy (non-hydrogen) atoms. The Bertz CT molecular complexity index is 129. The van der Waals surface area contributed by atoms with Crippen LogP contribution in [-0.2, 0) is 9.47 Å². The van der Waals surface area contributed by atoms with E-state index in [1.807, 2.05) is 13.1 Å². The second-order valence-corrected chi connectivity index (χ2v) is 8.07. The van der Waals surface area contributed by atoms with Gasteiger partial charge in [0.25, 0.3) is 0 Å². The quantitative estimate of drug-likeness (QED) is 0.386. The zero-order valence-corrected chi connectivity index (χ0v) is 8.88. The summed E-state index contributed by atoms with van der Waals surface area (Å²) in [5.74, 6) is 0. The third-order valence-electron chi connectivity index (χ3n) is 1.78. The molecule has 1 rings (SSSR count). The first-order valence-electron chi connectivity index (χ1n) is 4.50. The molecule has 1 unspecified atom stereocenters. The molecule has 1 saturated heterocycles. The normalized spacial score (nSPS) is 22.8. The highest BCUT2D eigenvalue weighted by molar-refractivity contribution is 6.69. The van der Waals surface area contributed by atoms with Crippen molar-refractivity contribution >= 4 is 8.32 Å². The molecule has 3 nitrogen and oxygen atoms in total. The molecule has 4 heteroatoms. The summed E-state index contributed by atoms with van der Waals surface area (Å²) in [6.07, 6.45) is 1.34. The molecule has 0 aromatic carbocycles. The van der Waals surface area contributed by atoms with Gasteiger partial charge in [-0.2, -0.15) is 0 Å². The first kappa shape index (κ1) is 10.2. The first-order valence-corrected chi connectivity index (χ1v) is 7.65. The average molecular weight is 190 g/mol. The van der Waals surface area contributed by atoms with Crippen molar-refractivity contribution in [1.82, 2.24) is 0 Å². The lowest BCUT2D eigenvalue weighted by Crippen LogP contribution is -2.24. The maximum Gasteiger partial charge on any atom is 0.182 e. The van der Waals surface area contributed by atoms with Crippen LogP contribution in [0.25, 0.3) is 0 Å². The zero-order chi connectivity index (χ0) is 9.03. The van der Waals surface area contributed by atoms with Crippen molar-refractivity contribution in [3.63, 3.8) is 0 Å². The van der Waals surface area contributed by atoms with Gasteiger partial charge in [-0.25, -0.2) is 0 Å². The summed E-state index contributed by atoms with van der Waals surface area (Å²) >= 11 is 0. The van der Waals surface area contributed by atoms with Gasteiger partial charge in [0.2, 0.25) is 0 Å². The van der Waals surface area contributed by atoms with Crippen molar-refractivity contribution in [3.05, 3.63) is 0 Å². The molecule has 0 radical (unpaired) electrons. The van der Waals surface area contributed by atoms with Crippen molar-refractivity contribution in [2.75, 3.05) is 19.8 Å². The van der Waals surface area contributed by atoms with E-state index in [-0.39, 0.29) is 0 Å². The van der Waals surface area contributed by atoms with E-state index in [0.717, 1.165) is 32.3 Å². The van der Waals surface area contributed by atoms with Crippen LogP contribution in [0.2, 0.25) is 19.1 Å². The standard InChI is InChI=1S/C8H18O3Si/c1-12(2,9)5-3-4-10-6-8-7-11-8/h8-9H,3-7H2,1-2H3. The summed E-state index contributed by atoms with van der Waals surface area (Å²) in [6.45, 7) is 6.26. The van der Waals surface area contributed by atoms with Crippen molar-refractivity contribution in [2.45, 2.75) is 31.7 Å². The molecule has 0 saturated carbocycles.